The van der Waals surface area contributed by atoms with Gasteiger partial charge >= 0.3 is 0 Å². The van der Waals surface area contributed by atoms with Gasteiger partial charge in [-0.05, 0) is 32.9 Å². The molecule has 0 amide bonds. The maximum atomic E-state index is 5.86. The standard InChI is InChI=1S/C15H19BrN2O/c1-11(2)18-7-6-14(17-18)10-19-15-5-4-12(3)8-13(15)9-16/h4-8,11H,9-10H2,1-3H3. The summed E-state index contributed by atoms with van der Waals surface area (Å²) >= 11 is 3.49. The van der Waals surface area contributed by atoms with Crippen molar-refractivity contribution in [2.45, 2.75) is 38.8 Å². The van der Waals surface area contributed by atoms with Crippen LogP contribution in [0.1, 0.15) is 36.7 Å². The number of nitrogens with zero attached hydrogens (tertiary/aromatic N) is 2. The van der Waals surface area contributed by atoms with E-state index in [2.05, 4.69) is 53.9 Å². The van der Waals surface area contributed by atoms with Crippen LogP contribution in [0.2, 0.25) is 0 Å². The number of aryl methyl sites for hydroxylation is 1. The van der Waals surface area contributed by atoms with Gasteiger partial charge in [0.1, 0.15) is 12.4 Å². The third-order valence-corrected chi connectivity index (χ3v) is 3.53. The molecule has 19 heavy (non-hydrogen) atoms. The molecule has 0 atom stereocenters. The van der Waals surface area contributed by atoms with Crippen LogP contribution in [0.25, 0.3) is 0 Å². The molecule has 1 aromatic carbocycles. The lowest BCUT2D eigenvalue weighted by molar-refractivity contribution is 0.296. The van der Waals surface area contributed by atoms with Crippen molar-refractivity contribution in [3.8, 4) is 5.75 Å². The smallest absolute Gasteiger partial charge is 0.132 e. The highest BCUT2D eigenvalue weighted by molar-refractivity contribution is 9.08. The molecule has 3 nitrogen and oxygen atoms in total. The molecule has 1 aromatic heterocycles. The lowest BCUT2D eigenvalue weighted by Crippen LogP contribution is -2.04. The summed E-state index contributed by atoms with van der Waals surface area (Å²) in [4.78, 5) is 0. The summed E-state index contributed by atoms with van der Waals surface area (Å²) in [7, 11) is 0. The first kappa shape index (κ1) is 14.1. The van der Waals surface area contributed by atoms with Gasteiger partial charge in [-0.3, -0.25) is 4.68 Å². The number of ether oxygens (including phenoxy) is 1. The van der Waals surface area contributed by atoms with Gasteiger partial charge in [0, 0.05) is 23.1 Å². The molecule has 2 rings (SSSR count). The van der Waals surface area contributed by atoms with Gasteiger partial charge in [0.15, 0.2) is 0 Å². The molecule has 0 N–H and O–H groups in total. The van der Waals surface area contributed by atoms with Crippen molar-refractivity contribution >= 4 is 15.9 Å². The Bertz CT molecular complexity index is 549. The number of halogens is 1. The molecular formula is C15H19BrN2O. The minimum Gasteiger partial charge on any atom is -0.487 e. The zero-order valence-electron chi connectivity index (χ0n) is 11.6. The third kappa shape index (κ3) is 3.60. The van der Waals surface area contributed by atoms with E-state index < -0.39 is 0 Å². The molecule has 102 valence electrons. The number of aromatic nitrogens is 2. The molecule has 0 radical (unpaired) electrons. The first-order valence-corrected chi connectivity index (χ1v) is 7.54. The van der Waals surface area contributed by atoms with E-state index >= 15 is 0 Å². The Morgan fingerprint density at radius 2 is 2.11 bits per heavy atom. The maximum absolute atomic E-state index is 5.86. The summed E-state index contributed by atoms with van der Waals surface area (Å²) in [6.45, 7) is 6.81. The fraction of sp³-hybridized carbons (Fsp3) is 0.400. The van der Waals surface area contributed by atoms with Crippen LogP contribution in [-0.4, -0.2) is 9.78 Å². The van der Waals surface area contributed by atoms with Crippen molar-refractivity contribution in [1.82, 2.24) is 9.78 Å². The van der Waals surface area contributed by atoms with Crippen LogP contribution in [0, 0.1) is 6.92 Å². The van der Waals surface area contributed by atoms with E-state index in [0.717, 1.165) is 16.8 Å². The second-order valence-corrected chi connectivity index (χ2v) is 5.48. The van der Waals surface area contributed by atoms with E-state index in [0.29, 0.717) is 12.6 Å². The largest absolute Gasteiger partial charge is 0.487 e. The quantitative estimate of drug-likeness (QED) is 0.769. The Labute approximate surface area is 122 Å². The second-order valence-electron chi connectivity index (χ2n) is 4.91. The molecule has 0 spiro atoms. The molecule has 0 aliphatic rings. The molecule has 0 saturated carbocycles. The predicted molar refractivity (Wildman–Crippen MR) is 80.8 cm³/mol. The van der Waals surface area contributed by atoms with Gasteiger partial charge in [-0.25, -0.2) is 0 Å². The normalized spacial score (nSPS) is 11.0. The highest BCUT2D eigenvalue weighted by Gasteiger charge is 2.06. The Hall–Kier alpha value is -1.29. The minimum atomic E-state index is 0.381. The number of alkyl halides is 1. The monoisotopic (exact) mass is 322 g/mol. The van der Waals surface area contributed by atoms with Crippen LogP contribution in [0.4, 0.5) is 0 Å². The van der Waals surface area contributed by atoms with Crippen LogP contribution in [0.15, 0.2) is 30.5 Å². The van der Waals surface area contributed by atoms with E-state index in [1.807, 2.05) is 23.0 Å². The summed E-state index contributed by atoms with van der Waals surface area (Å²) < 4.78 is 7.80. The van der Waals surface area contributed by atoms with E-state index in [-0.39, 0.29) is 0 Å². The molecule has 2 aromatic rings. The highest BCUT2D eigenvalue weighted by Crippen LogP contribution is 2.23. The van der Waals surface area contributed by atoms with Crippen LogP contribution >= 0.6 is 15.9 Å². The van der Waals surface area contributed by atoms with Crippen molar-refractivity contribution in [2.24, 2.45) is 0 Å². The van der Waals surface area contributed by atoms with Crippen molar-refractivity contribution < 1.29 is 4.74 Å². The molecule has 4 heteroatoms. The first-order valence-electron chi connectivity index (χ1n) is 6.42. The van der Waals surface area contributed by atoms with Gasteiger partial charge < -0.3 is 4.74 Å². The summed E-state index contributed by atoms with van der Waals surface area (Å²) in [6, 6.07) is 8.60. The molecule has 0 saturated heterocycles. The SMILES string of the molecule is Cc1ccc(OCc2ccn(C(C)C)n2)c(CBr)c1. The van der Waals surface area contributed by atoms with E-state index in [1.165, 1.54) is 11.1 Å². The molecule has 0 aliphatic carbocycles. The lowest BCUT2D eigenvalue weighted by Gasteiger charge is -2.10. The fourth-order valence-corrected chi connectivity index (χ4v) is 2.29. The Morgan fingerprint density at radius 1 is 1.32 bits per heavy atom. The Morgan fingerprint density at radius 3 is 2.74 bits per heavy atom. The number of rotatable bonds is 5. The van der Waals surface area contributed by atoms with Crippen molar-refractivity contribution in [2.75, 3.05) is 0 Å². The van der Waals surface area contributed by atoms with Crippen LogP contribution in [0.3, 0.4) is 0 Å². The fourth-order valence-electron chi connectivity index (χ4n) is 1.85. The molecule has 0 aliphatic heterocycles. The zero-order chi connectivity index (χ0) is 13.8. The summed E-state index contributed by atoms with van der Waals surface area (Å²) in [5, 5.41) is 5.27. The molecular weight excluding hydrogens is 304 g/mol. The van der Waals surface area contributed by atoms with Gasteiger partial charge in [0.05, 0.1) is 5.69 Å². The van der Waals surface area contributed by atoms with Crippen LogP contribution < -0.4 is 4.74 Å². The number of benzene rings is 1. The third-order valence-electron chi connectivity index (χ3n) is 2.93. The molecule has 1 heterocycles. The van der Waals surface area contributed by atoms with E-state index in [9.17, 15) is 0 Å². The van der Waals surface area contributed by atoms with Gasteiger partial charge in [0.2, 0.25) is 0 Å². The van der Waals surface area contributed by atoms with Crippen molar-refractivity contribution in [1.29, 1.82) is 0 Å². The summed E-state index contributed by atoms with van der Waals surface area (Å²) in [5.74, 6) is 0.918. The van der Waals surface area contributed by atoms with Gasteiger partial charge in [-0.2, -0.15) is 5.10 Å². The average Bonchev–Trinajstić information content (AvgIpc) is 2.86. The predicted octanol–water partition coefficient (Wildman–Crippen LogP) is 4.25. The Kier molecular flexibility index (Phi) is 4.64. The lowest BCUT2D eigenvalue weighted by atomic mass is 10.1. The van der Waals surface area contributed by atoms with Crippen LogP contribution in [0.5, 0.6) is 5.75 Å². The second kappa shape index (κ2) is 6.24. The minimum absolute atomic E-state index is 0.381. The van der Waals surface area contributed by atoms with Gasteiger partial charge in [0.25, 0.3) is 0 Å². The summed E-state index contributed by atoms with van der Waals surface area (Å²) in [6.07, 6.45) is 1.99. The molecule has 0 unspecified atom stereocenters. The average molecular weight is 323 g/mol. The first-order chi connectivity index (χ1) is 9.10. The van der Waals surface area contributed by atoms with Gasteiger partial charge in [-0.1, -0.05) is 33.6 Å². The highest BCUT2D eigenvalue weighted by atomic mass is 79.9. The van der Waals surface area contributed by atoms with E-state index in [1.54, 1.807) is 0 Å². The number of hydrogen-bond donors (Lipinski definition) is 0. The van der Waals surface area contributed by atoms with Gasteiger partial charge in [-0.15, -0.1) is 0 Å². The molecule has 0 bridgehead atoms. The van der Waals surface area contributed by atoms with E-state index in [4.69, 9.17) is 4.74 Å². The zero-order valence-corrected chi connectivity index (χ0v) is 13.1. The molecule has 0 fully saturated rings. The summed E-state index contributed by atoms with van der Waals surface area (Å²) in [5.41, 5.74) is 3.36. The van der Waals surface area contributed by atoms with Crippen molar-refractivity contribution in [3.05, 3.63) is 47.3 Å². The Balaban J connectivity index is 2.05. The van der Waals surface area contributed by atoms with Crippen LogP contribution in [-0.2, 0) is 11.9 Å². The maximum Gasteiger partial charge on any atom is 0.132 e. The topological polar surface area (TPSA) is 27.1 Å². The number of hydrogen-bond acceptors (Lipinski definition) is 2. The van der Waals surface area contributed by atoms with Crippen molar-refractivity contribution in [3.63, 3.8) is 0 Å².